The number of rotatable bonds is 9. The van der Waals surface area contributed by atoms with Crippen molar-refractivity contribution in [2.24, 2.45) is 17.8 Å². The Morgan fingerprint density at radius 2 is 1.94 bits per heavy atom. The van der Waals surface area contributed by atoms with Crippen LogP contribution in [0.5, 0.6) is 0 Å². The fourth-order valence-electron chi connectivity index (χ4n) is 4.12. The van der Waals surface area contributed by atoms with E-state index >= 15 is 0 Å². The molecule has 3 atom stereocenters. The van der Waals surface area contributed by atoms with Crippen molar-refractivity contribution in [2.45, 2.75) is 70.0 Å². The molecule has 1 heterocycles. The smallest absolute Gasteiger partial charge is 0.349 e. The van der Waals surface area contributed by atoms with E-state index in [1.54, 1.807) is 0 Å². The molecule has 0 bridgehead atoms. The van der Waals surface area contributed by atoms with Gasteiger partial charge in [0.25, 0.3) is 0 Å². The maximum atomic E-state index is 12.8. The van der Waals surface area contributed by atoms with E-state index in [0.717, 1.165) is 37.8 Å². The van der Waals surface area contributed by atoms with Crippen LogP contribution in [0.3, 0.4) is 0 Å². The van der Waals surface area contributed by atoms with Crippen molar-refractivity contribution < 1.29 is 27.6 Å². The highest BCUT2D eigenvalue weighted by Gasteiger charge is 2.35. The van der Waals surface area contributed by atoms with E-state index in [9.17, 15) is 32.8 Å². The Hall–Kier alpha value is -2.63. The fraction of sp³-hybridized carbons (Fsp3) is 0.636. The molecule has 2 aliphatic carbocycles. The Labute approximate surface area is 178 Å². The second-order valence-electron chi connectivity index (χ2n) is 8.62. The SMILES string of the molecule is N#C[C@H](C[C@@H]1CCCCC1=O)NC(=O)[C@@H](CC(=O)c1ccc(C(F)(F)F)[nH]1)CC1CC1. The predicted octanol–water partition coefficient (Wildman–Crippen LogP) is 4.18. The van der Waals surface area contributed by atoms with Gasteiger partial charge in [0, 0.05) is 24.7 Å². The standard InChI is InChI=1S/C22H26F3N3O3/c23-22(24,25)20-8-7-17(28-20)19(30)11-15(9-13-5-6-13)21(31)27-16(12-26)10-14-3-1-2-4-18(14)29/h7-8,13-16,28H,1-6,9-11H2,(H,27,31)/t14-,15+,16-/m0/s1. The number of nitrogens with zero attached hydrogens (tertiary/aromatic N) is 1. The molecule has 168 valence electrons. The first kappa shape index (κ1) is 23.0. The zero-order chi connectivity index (χ0) is 22.6. The quantitative estimate of drug-likeness (QED) is 0.566. The van der Waals surface area contributed by atoms with Gasteiger partial charge < -0.3 is 10.3 Å². The number of hydrogen-bond donors (Lipinski definition) is 2. The summed E-state index contributed by atoms with van der Waals surface area (Å²) in [5.41, 5.74) is -1.20. The third kappa shape index (κ3) is 6.42. The maximum absolute atomic E-state index is 12.8. The molecular weight excluding hydrogens is 411 g/mol. The molecule has 31 heavy (non-hydrogen) atoms. The number of nitrogens with one attached hydrogen (secondary N) is 2. The summed E-state index contributed by atoms with van der Waals surface area (Å²) in [5, 5.41) is 12.1. The van der Waals surface area contributed by atoms with Crippen LogP contribution in [0.25, 0.3) is 0 Å². The van der Waals surface area contributed by atoms with E-state index < -0.39 is 35.5 Å². The molecule has 0 aromatic carbocycles. The molecule has 2 aliphatic rings. The average Bonchev–Trinajstić information content (AvgIpc) is 3.37. The first-order valence-corrected chi connectivity index (χ1v) is 10.7. The summed E-state index contributed by atoms with van der Waals surface area (Å²) in [4.78, 5) is 39.5. The van der Waals surface area contributed by atoms with Gasteiger partial charge in [-0.15, -0.1) is 0 Å². The molecule has 1 aromatic heterocycles. The van der Waals surface area contributed by atoms with Crippen molar-refractivity contribution >= 4 is 17.5 Å². The number of carbonyl (C=O) groups is 3. The first-order chi connectivity index (χ1) is 14.7. The maximum Gasteiger partial charge on any atom is 0.431 e. The molecule has 0 aliphatic heterocycles. The van der Waals surface area contributed by atoms with E-state index in [2.05, 4.69) is 10.3 Å². The van der Waals surface area contributed by atoms with Gasteiger partial charge in [-0.05, 0) is 43.7 Å². The lowest BCUT2D eigenvalue weighted by atomic mass is 9.83. The number of ketones is 2. The summed E-state index contributed by atoms with van der Waals surface area (Å²) in [7, 11) is 0. The topological polar surface area (TPSA) is 103 Å². The molecule has 1 aromatic rings. The molecule has 2 fully saturated rings. The zero-order valence-electron chi connectivity index (χ0n) is 17.1. The van der Waals surface area contributed by atoms with Crippen molar-refractivity contribution in [3.8, 4) is 6.07 Å². The number of nitriles is 1. The second-order valence-corrected chi connectivity index (χ2v) is 8.62. The van der Waals surface area contributed by atoms with E-state index in [1.807, 2.05) is 6.07 Å². The molecule has 0 spiro atoms. The Morgan fingerprint density at radius 3 is 2.52 bits per heavy atom. The minimum Gasteiger partial charge on any atom is -0.349 e. The van der Waals surface area contributed by atoms with Crippen molar-refractivity contribution in [2.75, 3.05) is 0 Å². The number of hydrogen-bond acceptors (Lipinski definition) is 4. The number of carbonyl (C=O) groups excluding carboxylic acids is 3. The van der Waals surface area contributed by atoms with Gasteiger partial charge in [0.1, 0.15) is 17.5 Å². The van der Waals surface area contributed by atoms with Crippen molar-refractivity contribution in [3.63, 3.8) is 0 Å². The Balaban J connectivity index is 1.63. The summed E-state index contributed by atoms with van der Waals surface area (Å²) >= 11 is 0. The number of alkyl halides is 3. The zero-order valence-corrected chi connectivity index (χ0v) is 17.1. The largest absolute Gasteiger partial charge is 0.431 e. The second kappa shape index (κ2) is 9.67. The summed E-state index contributed by atoms with van der Waals surface area (Å²) in [6, 6.07) is 3.07. The molecule has 0 saturated heterocycles. The Bertz CT molecular complexity index is 867. The van der Waals surface area contributed by atoms with E-state index in [1.165, 1.54) is 0 Å². The van der Waals surface area contributed by atoms with Gasteiger partial charge in [0.15, 0.2) is 5.78 Å². The first-order valence-electron chi connectivity index (χ1n) is 10.7. The normalized spacial score (nSPS) is 21.2. The lowest BCUT2D eigenvalue weighted by Crippen LogP contribution is -2.41. The van der Waals surface area contributed by atoms with Crippen LogP contribution in [-0.4, -0.2) is 28.5 Å². The van der Waals surface area contributed by atoms with Gasteiger partial charge in [0.05, 0.1) is 11.8 Å². The molecule has 3 rings (SSSR count). The third-order valence-corrected chi connectivity index (χ3v) is 6.08. The number of aromatic amines is 1. The Kier molecular flexibility index (Phi) is 7.19. The van der Waals surface area contributed by atoms with Crippen LogP contribution in [-0.2, 0) is 15.8 Å². The van der Waals surface area contributed by atoms with Crippen molar-refractivity contribution in [1.82, 2.24) is 10.3 Å². The molecule has 2 N–H and O–H groups in total. The third-order valence-electron chi connectivity index (χ3n) is 6.08. The van der Waals surface area contributed by atoms with Crippen LogP contribution in [0.15, 0.2) is 12.1 Å². The van der Waals surface area contributed by atoms with Gasteiger partial charge in [0.2, 0.25) is 5.91 Å². The number of H-pyrrole nitrogens is 1. The average molecular weight is 437 g/mol. The van der Waals surface area contributed by atoms with E-state index in [-0.39, 0.29) is 30.2 Å². The molecule has 2 saturated carbocycles. The van der Waals surface area contributed by atoms with Crippen LogP contribution in [0.2, 0.25) is 0 Å². The Morgan fingerprint density at radius 1 is 1.19 bits per heavy atom. The lowest BCUT2D eigenvalue weighted by molar-refractivity contribution is -0.140. The molecule has 1 amide bonds. The van der Waals surface area contributed by atoms with Gasteiger partial charge >= 0.3 is 6.18 Å². The predicted molar refractivity (Wildman–Crippen MR) is 105 cm³/mol. The molecule has 6 nitrogen and oxygen atoms in total. The molecule has 0 unspecified atom stereocenters. The van der Waals surface area contributed by atoms with E-state index in [4.69, 9.17) is 0 Å². The van der Waals surface area contributed by atoms with Crippen molar-refractivity contribution in [1.29, 1.82) is 5.26 Å². The van der Waals surface area contributed by atoms with Gasteiger partial charge in [-0.2, -0.15) is 18.4 Å². The summed E-state index contributed by atoms with van der Waals surface area (Å²) in [6.45, 7) is 0. The highest BCUT2D eigenvalue weighted by atomic mass is 19.4. The summed E-state index contributed by atoms with van der Waals surface area (Å²) < 4.78 is 38.3. The number of Topliss-reactive ketones (excluding diaryl/α,β-unsaturated/α-hetero) is 2. The van der Waals surface area contributed by atoms with Crippen LogP contribution in [0.4, 0.5) is 13.2 Å². The lowest BCUT2D eigenvalue weighted by Gasteiger charge is -2.24. The number of halogens is 3. The van der Waals surface area contributed by atoms with Crippen LogP contribution in [0.1, 0.15) is 74.0 Å². The van der Waals surface area contributed by atoms with Gasteiger partial charge in [-0.1, -0.05) is 19.3 Å². The molecular formula is C22H26F3N3O3. The number of amides is 1. The highest BCUT2D eigenvalue weighted by molar-refractivity contribution is 5.97. The van der Waals surface area contributed by atoms with Crippen LogP contribution in [0, 0.1) is 29.1 Å². The van der Waals surface area contributed by atoms with Gasteiger partial charge in [-0.25, -0.2) is 0 Å². The van der Waals surface area contributed by atoms with Crippen LogP contribution >= 0.6 is 0 Å². The molecule has 9 heteroatoms. The molecule has 0 radical (unpaired) electrons. The number of aromatic nitrogens is 1. The van der Waals surface area contributed by atoms with Crippen LogP contribution < -0.4 is 5.32 Å². The minimum atomic E-state index is -4.58. The fourth-order valence-corrected chi connectivity index (χ4v) is 4.12. The van der Waals surface area contributed by atoms with Crippen molar-refractivity contribution in [3.05, 3.63) is 23.5 Å². The van der Waals surface area contributed by atoms with E-state index in [0.29, 0.717) is 25.2 Å². The summed E-state index contributed by atoms with van der Waals surface area (Å²) in [6.07, 6.45) is 0.712. The van der Waals surface area contributed by atoms with Gasteiger partial charge in [-0.3, -0.25) is 14.4 Å². The monoisotopic (exact) mass is 437 g/mol. The minimum absolute atomic E-state index is 0.109. The summed E-state index contributed by atoms with van der Waals surface area (Å²) in [5.74, 6) is -1.60. The highest BCUT2D eigenvalue weighted by Crippen LogP contribution is 2.37.